The number of amides is 1. The van der Waals surface area contributed by atoms with Gasteiger partial charge in [0.25, 0.3) is 0 Å². The first-order valence-electron chi connectivity index (χ1n) is 5.97. The number of hydrogen-bond acceptors (Lipinski definition) is 3. The summed E-state index contributed by atoms with van der Waals surface area (Å²) in [4.78, 5) is 11.6. The minimum atomic E-state index is -0.525. The lowest BCUT2D eigenvalue weighted by Gasteiger charge is -2.07. The number of anilines is 1. The summed E-state index contributed by atoms with van der Waals surface area (Å²) in [6.45, 7) is 0.219. The van der Waals surface area contributed by atoms with Gasteiger partial charge in [0.1, 0.15) is 11.8 Å². The third-order valence-corrected chi connectivity index (χ3v) is 2.82. The van der Waals surface area contributed by atoms with E-state index in [2.05, 4.69) is 5.32 Å². The van der Waals surface area contributed by atoms with Crippen LogP contribution in [0.3, 0.4) is 0 Å². The summed E-state index contributed by atoms with van der Waals surface area (Å²) in [7, 11) is 0. The van der Waals surface area contributed by atoms with Crippen LogP contribution in [0.2, 0.25) is 0 Å². The molecule has 0 unspecified atom stereocenters. The molecule has 0 heterocycles. The van der Waals surface area contributed by atoms with Crippen LogP contribution in [0.1, 0.15) is 11.1 Å². The Bertz CT molecular complexity index is 597. The Labute approximate surface area is 121 Å². The topological polar surface area (TPSA) is 62.2 Å². The number of halogens is 1. The van der Waals surface area contributed by atoms with E-state index in [4.69, 9.17) is 21.7 Å². The zero-order chi connectivity index (χ0) is 14.4. The lowest BCUT2D eigenvalue weighted by Crippen LogP contribution is -2.13. The van der Waals surface area contributed by atoms with Gasteiger partial charge in [-0.25, -0.2) is 4.79 Å². The lowest BCUT2D eigenvalue weighted by molar-refractivity contribution is 0.155. The zero-order valence-electron chi connectivity index (χ0n) is 10.6. The van der Waals surface area contributed by atoms with Gasteiger partial charge in [-0.05, 0) is 29.8 Å². The van der Waals surface area contributed by atoms with E-state index < -0.39 is 6.09 Å². The Morgan fingerprint density at radius 1 is 1.10 bits per heavy atom. The molecule has 4 nitrogen and oxygen atoms in total. The molecule has 0 spiro atoms. The maximum atomic E-state index is 11.6. The highest BCUT2D eigenvalue weighted by Gasteiger charge is 2.04. The number of rotatable bonds is 4. The minimum Gasteiger partial charge on any atom is -0.444 e. The average Bonchev–Trinajstić information content (AvgIpc) is 2.47. The molecule has 2 N–H and O–H groups in total. The van der Waals surface area contributed by atoms with Crippen molar-refractivity contribution in [3.05, 3.63) is 65.7 Å². The zero-order valence-corrected chi connectivity index (χ0v) is 11.4. The van der Waals surface area contributed by atoms with Crippen LogP contribution in [0.5, 0.6) is 0 Å². The molecule has 0 aliphatic heterocycles. The van der Waals surface area contributed by atoms with E-state index in [0.717, 1.165) is 5.56 Å². The molecule has 2 rings (SSSR count). The van der Waals surface area contributed by atoms with Gasteiger partial charge in [0.15, 0.2) is 0 Å². The van der Waals surface area contributed by atoms with Crippen LogP contribution in [0, 0.1) is 5.41 Å². The predicted octanol–water partition coefficient (Wildman–Crippen LogP) is 4.00. The van der Waals surface area contributed by atoms with Crippen molar-refractivity contribution < 1.29 is 9.53 Å². The molecule has 102 valence electrons. The van der Waals surface area contributed by atoms with Crippen molar-refractivity contribution in [2.75, 3.05) is 5.32 Å². The van der Waals surface area contributed by atoms with Crippen LogP contribution in [-0.2, 0) is 11.3 Å². The molecule has 0 aromatic heterocycles. The molecule has 20 heavy (non-hydrogen) atoms. The van der Waals surface area contributed by atoms with Gasteiger partial charge in [-0.1, -0.05) is 41.9 Å². The maximum Gasteiger partial charge on any atom is 0.411 e. The minimum absolute atomic E-state index is 0.0387. The molecule has 0 bridgehead atoms. The first kappa shape index (κ1) is 14.1. The Hall–Kier alpha value is -2.33. The highest BCUT2D eigenvalue weighted by Crippen LogP contribution is 2.12. The van der Waals surface area contributed by atoms with E-state index in [-0.39, 0.29) is 11.8 Å². The monoisotopic (exact) mass is 288 g/mol. The van der Waals surface area contributed by atoms with Gasteiger partial charge in [-0.3, -0.25) is 10.7 Å². The number of carbonyl (C=O) groups is 1. The molecule has 0 aliphatic rings. The molecule has 1 amide bonds. The maximum absolute atomic E-state index is 11.6. The summed E-state index contributed by atoms with van der Waals surface area (Å²) in [6, 6.07) is 16.1. The van der Waals surface area contributed by atoms with Crippen LogP contribution < -0.4 is 5.32 Å². The highest BCUT2D eigenvalue weighted by molar-refractivity contribution is 6.68. The van der Waals surface area contributed by atoms with E-state index in [1.807, 2.05) is 30.3 Å². The SMILES string of the molecule is N=C(Cl)c1ccc(NC(=O)OCc2ccccc2)cc1. The quantitative estimate of drug-likeness (QED) is 0.835. The van der Waals surface area contributed by atoms with Crippen molar-refractivity contribution in [1.82, 2.24) is 0 Å². The first-order valence-corrected chi connectivity index (χ1v) is 6.35. The second kappa shape index (κ2) is 6.73. The second-order valence-electron chi connectivity index (χ2n) is 4.08. The molecule has 0 aliphatic carbocycles. The summed E-state index contributed by atoms with van der Waals surface area (Å²) in [6.07, 6.45) is -0.525. The van der Waals surface area contributed by atoms with Crippen LogP contribution in [0.4, 0.5) is 10.5 Å². The van der Waals surface area contributed by atoms with Crippen molar-refractivity contribution in [3.8, 4) is 0 Å². The van der Waals surface area contributed by atoms with E-state index in [0.29, 0.717) is 11.3 Å². The van der Waals surface area contributed by atoms with Crippen molar-refractivity contribution >= 4 is 28.6 Å². The van der Waals surface area contributed by atoms with Gasteiger partial charge in [0, 0.05) is 11.3 Å². The fraction of sp³-hybridized carbons (Fsp3) is 0.0667. The summed E-state index contributed by atoms with van der Waals surface area (Å²) < 4.78 is 5.09. The molecular weight excluding hydrogens is 276 g/mol. The normalized spacial score (nSPS) is 9.85. The molecule has 2 aromatic rings. The summed E-state index contributed by atoms with van der Waals surface area (Å²) >= 11 is 5.55. The molecule has 0 saturated carbocycles. The molecule has 5 heteroatoms. The predicted molar refractivity (Wildman–Crippen MR) is 79.4 cm³/mol. The Morgan fingerprint density at radius 3 is 2.35 bits per heavy atom. The number of benzene rings is 2. The van der Waals surface area contributed by atoms with E-state index >= 15 is 0 Å². The molecule has 0 radical (unpaired) electrons. The fourth-order valence-corrected chi connectivity index (χ4v) is 1.70. The first-order chi connectivity index (χ1) is 9.65. The van der Waals surface area contributed by atoms with E-state index in [9.17, 15) is 4.79 Å². The smallest absolute Gasteiger partial charge is 0.411 e. The van der Waals surface area contributed by atoms with Gasteiger partial charge < -0.3 is 4.74 Å². The largest absolute Gasteiger partial charge is 0.444 e. The van der Waals surface area contributed by atoms with Gasteiger partial charge >= 0.3 is 6.09 Å². The summed E-state index contributed by atoms with van der Waals surface area (Å²) in [5.74, 6) is 0. The van der Waals surface area contributed by atoms with Crippen molar-refractivity contribution in [2.45, 2.75) is 6.61 Å². The van der Waals surface area contributed by atoms with Crippen molar-refractivity contribution in [2.24, 2.45) is 0 Å². The molecule has 0 saturated heterocycles. The number of hydrogen-bond donors (Lipinski definition) is 2. The van der Waals surface area contributed by atoms with Crippen LogP contribution in [0.15, 0.2) is 54.6 Å². The molecule has 0 atom stereocenters. The van der Waals surface area contributed by atoms with E-state index in [1.165, 1.54) is 0 Å². The van der Waals surface area contributed by atoms with Gasteiger partial charge in [0.05, 0.1) is 0 Å². The van der Waals surface area contributed by atoms with Gasteiger partial charge in [-0.2, -0.15) is 0 Å². The second-order valence-corrected chi connectivity index (χ2v) is 4.46. The van der Waals surface area contributed by atoms with Crippen LogP contribution in [-0.4, -0.2) is 11.3 Å². The van der Waals surface area contributed by atoms with E-state index in [1.54, 1.807) is 24.3 Å². The number of carbonyl (C=O) groups excluding carboxylic acids is 1. The van der Waals surface area contributed by atoms with Gasteiger partial charge in [0.2, 0.25) is 0 Å². The molecule has 2 aromatic carbocycles. The van der Waals surface area contributed by atoms with Crippen molar-refractivity contribution in [3.63, 3.8) is 0 Å². The average molecular weight is 289 g/mol. The third kappa shape index (κ3) is 4.10. The molecule has 0 fully saturated rings. The fourth-order valence-electron chi connectivity index (χ4n) is 1.58. The standard InChI is InChI=1S/C15H13ClN2O2/c16-14(17)12-6-8-13(9-7-12)18-15(19)20-10-11-4-2-1-3-5-11/h1-9,17H,10H2,(H,18,19). The lowest BCUT2D eigenvalue weighted by atomic mass is 10.2. The van der Waals surface area contributed by atoms with Crippen LogP contribution in [0.25, 0.3) is 0 Å². The number of nitrogens with one attached hydrogen (secondary N) is 2. The Kier molecular flexibility index (Phi) is 4.74. The van der Waals surface area contributed by atoms with Gasteiger partial charge in [-0.15, -0.1) is 0 Å². The highest BCUT2D eigenvalue weighted by atomic mass is 35.5. The third-order valence-electron chi connectivity index (χ3n) is 2.60. The van der Waals surface area contributed by atoms with Crippen LogP contribution >= 0.6 is 11.6 Å². The summed E-state index contributed by atoms with van der Waals surface area (Å²) in [5.41, 5.74) is 2.10. The Balaban J connectivity index is 1.86. The summed E-state index contributed by atoms with van der Waals surface area (Å²) in [5, 5.41) is 9.83. The van der Waals surface area contributed by atoms with Crippen molar-refractivity contribution in [1.29, 1.82) is 5.41 Å². The number of ether oxygens (including phenoxy) is 1. The Morgan fingerprint density at radius 2 is 1.75 bits per heavy atom. The molecular formula is C15H13ClN2O2.